The molecule has 0 aromatic heterocycles. The summed E-state index contributed by atoms with van der Waals surface area (Å²) < 4.78 is 0. The molecule has 0 radical (unpaired) electrons. The number of amides is 1. The number of benzene rings is 1. The summed E-state index contributed by atoms with van der Waals surface area (Å²) in [7, 11) is 3.71. The molecule has 0 fully saturated rings. The molecule has 0 aliphatic rings. The number of rotatable bonds is 6. The van der Waals surface area contributed by atoms with E-state index >= 15 is 0 Å². The number of nitrogens with zero attached hydrogens (tertiary/aromatic N) is 1. The van der Waals surface area contributed by atoms with Crippen molar-refractivity contribution >= 4 is 17.5 Å². The van der Waals surface area contributed by atoms with Crippen LogP contribution in [0, 0.1) is 0 Å². The van der Waals surface area contributed by atoms with Gasteiger partial charge < -0.3 is 10.2 Å². The Morgan fingerprint density at radius 3 is 2.56 bits per heavy atom. The van der Waals surface area contributed by atoms with Gasteiger partial charge in [-0.05, 0) is 38.1 Å². The Morgan fingerprint density at radius 2 is 2.00 bits per heavy atom. The molecule has 0 saturated heterocycles. The molecule has 1 unspecified atom stereocenters. The first kappa shape index (κ1) is 15.0. The molecule has 1 N–H and O–H groups in total. The van der Waals surface area contributed by atoms with Gasteiger partial charge in [-0.3, -0.25) is 4.79 Å². The number of hydrogen-bond donors (Lipinski definition) is 1. The molecule has 4 heteroatoms. The van der Waals surface area contributed by atoms with E-state index in [-0.39, 0.29) is 5.91 Å². The van der Waals surface area contributed by atoms with Gasteiger partial charge in [0.15, 0.2) is 0 Å². The Labute approximate surface area is 114 Å². The van der Waals surface area contributed by atoms with Gasteiger partial charge in [0.25, 0.3) is 0 Å². The second-order valence-corrected chi connectivity index (χ2v) is 5.02. The zero-order valence-corrected chi connectivity index (χ0v) is 12.0. The predicted octanol–water partition coefficient (Wildman–Crippen LogP) is 2.34. The average molecular weight is 269 g/mol. The van der Waals surface area contributed by atoms with Crippen LogP contribution in [0.5, 0.6) is 0 Å². The maximum atomic E-state index is 11.2. The lowest BCUT2D eigenvalue weighted by Crippen LogP contribution is -2.34. The number of hydrogen-bond acceptors (Lipinski definition) is 2. The lowest BCUT2D eigenvalue weighted by atomic mass is 10.1. The van der Waals surface area contributed by atoms with E-state index in [1.807, 2.05) is 31.3 Å². The number of carbonyl (C=O) groups excluding carboxylic acids is 1. The number of nitrogens with one attached hydrogen (secondary N) is 1. The summed E-state index contributed by atoms with van der Waals surface area (Å²) in [5.41, 5.74) is 1.26. The molecule has 0 heterocycles. The molecule has 0 aliphatic heterocycles. The second kappa shape index (κ2) is 7.39. The Kier molecular flexibility index (Phi) is 6.16. The summed E-state index contributed by atoms with van der Waals surface area (Å²) in [5, 5.41) is 3.40. The molecule has 1 aromatic carbocycles. The largest absolute Gasteiger partial charge is 0.359 e. The van der Waals surface area contributed by atoms with Gasteiger partial charge in [0.2, 0.25) is 5.91 Å². The van der Waals surface area contributed by atoms with Crippen molar-refractivity contribution in [1.82, 2.24) is 10.2 Å². The van der Waals surface area contributed by atoms with Crippen molar-refractivity contribution in [3.63, 3.8) is 0 Å². The van der Waals surface area contributed by atoms with Crippen molar-refractivity contribution in [2.75, 3.05) is 20.6 Å². The maximum absolute atomic E-state index is 11.2. The monoisotopic (exact) mass is 268 g/mol. The Bertz CT molecular complexity index is 378. The van der Waals surface area contributed by atoms with Crippen LogP contribution in [-0.4, -0.2) is 37.5 Å². The van der Waals surface area contributed by atoms with Crippen LogP contribution in [-0.2, 0) is 11.2 Å². The van der Waals surface area contributed by atoms with Crippen molar-refractivity contribution in [1.29, 1.82) is 0 Å². The summed E-state index contributed by atoms with van der Waals surface area (Å²) in [6, 6.07) is 8.31. The third-order valence-corrected chi connectivity index (χ3v) is 3.42. The van der Waals surface area contributed by atoms with Crippen LogP contribution >= 0.6 is 11.6 Å². The van der Waals surface area contributed by atoms with Gasteiger partial charge in [0, 0.05) is 31.1 Å². The topological polar surface area (TPSA) is 32.3 Å². The van der Waals surface area contributed by atoms with Crippen LogP contribution in [0.4, 0.5) is 0 Å². The third kappa shape index (κ3) is 5.07. The van der Waals surface area contributed by atoms with Crippen LogP contribution < -0.4 is 5.32 Å². The van der Waals surface area contributed by atoms with Crippen molar-refractivity contribution in [2.24, 2.45) is 0 Å². The minimum atomic E-state index is 0.0838. The quantitative estimate of drug-likeness (QED) is 0.859. The molecule has 1 atom stereocenters. The van der Waals surface area contributed by atoms with Crippen molar-refractivity contribution in [3.8, 4) is 0 Å². The third-order valence-electron chi connectivity index (χ3n) is 3.17. The first-order chi connectivity index (χ1) is 8.52. The zero-order chi connectivity index (χ0) is 13.5. The summed E-state index contributed by atoms with van der Waals surface area (Å²) in [4.78, 5) is 13.4. The van der Waals surface area contributed by atoms with Crippen LogP contribution in [0.2, 0.25) is 5.02 Å². The van der Waals surface area contributed by atoms with Gasteiger partial charge in [-0.15, -0.1) is 0 Å². The molecule has 0 bridgehead atoms. The fraction of sp³-hybridized carbons (Fsp3) is 0.500. The SMILES string of the molecule is CNC(=O)CCN(C)C(C)Cc1ccc(Cl)cc1. The highest BCUT2D eigenvalue weighted by molar-refractivity contribution is 6.30. The van der Waals surface area contributed by atoms with Crippen LogP contribution in [0.1, 0.15) is 18.9 Å². The Hall–Kier alpha value is -1.06. The molecule has 3 nitrogen and oxygen atoms in total. The van der Waals surface area contributed by atoms with Gasteiger partial charge in [0.05, 0.1) is 0 Å². The van der Waals surface area contributed by atoms with Gasteiger partial charge >= 0.3 is 0 Å². The Morgan fingerprint density at radius 1 is 1.39 bits per heavy atom. The normalized spacial score (nSPS) is 12.5. The van der Waals surface area contributed by atoms with E-state index in [0.717, 1.165) is 18.0 Å². The second-order valence-electron chi connectivity index (χ2n) is 4.58. The van der Waals surface area contributed by atoms with Gasteiger partial charge in [-0.1, -0.05) is 23.7 Å². The van der Waals surface area contributed by atoms with E-state index in [2.05, 4.69) is 17.1 Å². The molecule has 1 aromatic rings. The molecule has 1 rings (SSSR count). The molecule has 0 spiro atoms. The summed E-state index contributed by atoms with van der Waals surface area (Å²) in [5.74, 6) is 0.0838. The zero-order valence-electron chi connectivity index (χ0n) is 11.2. The fourth-order valence-electron chi connectivity index (χ4n) is 1.74. The molecule has 0 aliphatic carbocycles. The van der Waals surface area contributed by atoms with Crippen LogP contribution in [0.15, 0.2) is 24.3 Å². The molecule has 100 valence electrons. The van der Waals surface area contributed by atoms with Crippen LogP contribution in [0.3, 0.4) is 0 Å². The smallest absolute Gasteiger partial charge is 0.221 e. The molecular formula is C14H21ClN2O. The van der Waals surface area contributed by atoms with Gasteiger partial charge in [0.1, 0.15) is 0 Å². The van der Waals surface area contributed by atoms with E-state index in [4.69, 9.17) is 11.6 Å². The van der Waals surface area contributed by atoms with E-state index in [0.29, 0.717) is 12.5 Å². The minimum Gasteiger partial charge on any atom is -0.359 e. The van der Waals surface area contributed by atoms with Gasteiger partial charge in [-0.2, -0.15) is 0 Å². The number of carbonyl (C=O) groups is 1. The lowest BCUT2D eigenvalue weighted by Gasteiger charge is -2.24. The molecule has 18 heavy (non-hydrogen) atoms. The van der Waals surface area contributed by atoms with Gasteiger partial charge in [-0.25, -0.2) is 0 Å². The maximum Gasteiger partial charge on any atom is 0.221 e. The van der Waals surface area contributed by atoms with E-state index in [1.165, 1.54) is 5.56 Å². The van der Waals surface area contributed by atoms with E-state index in [9.17, 15) is 4.79 Å². The average Bonchev–Trinajstić information content (AvgIpc) is 2.38. The minimum absolute atomic E-state index is 0.0838. The highest BCUT2D eigenvalue weighted by Gasteiger charge is 2.11. The van der Waals surface area contributed by atoms with Crippen molar-refractivity contribution in [3.05, 3.63) is 34.9 Å². The standard InChI is InChI=1S/C14H21ClN2O/c1-11(17(3)9-8-14(18)16-2)10-12-4-6-13(15)7-5-12/h4-7,11H,8-10H2,1-3H3,(H,16,18). The predicted molar refractivity (Wildman–Crippen MR) is 75.9 cm³/mol. The van der Waals surface area contributed by atoms with E-state index < -0.39 is 0 Å². The number of halogens is 1. The summed E-state index contributed by atoms with van der Waals surface area (Å²) >= 11 is 5.86. The summed E-state index contributed by atoms with van der Waals surface area (Å²) in [6.07, 6.45) is 1.50. The molecule has 0 saturated carbocycles. The Balaban J connectivity index is 2.41. The van der Waals surface area contributed by atoms with E-state index in [1.54, 1.807) is 7.05 Å². The number of likely N-dealkylation sites (N-methyl/N-ethyl adjacent to an activating group) is 1. The first-order valence-electron chi connectivity index (χ1n) is 6.18. The van der Waals surface area contributed by atoms with Crippen molar-refractivity contribution < 1.29 is 4.79 Å². The van der Waals surface area contributed by atoms with Crippen molar-refractivity contribution in [2.45, 2.75) is 25.8 Å². The highest BCUT2D eigenvalue weighted by atomic mass is 35.5. The van der Waals surface area contributed by atoms with Crippen LogP contribution in [0.25, 0.3) is 0 Å². The first-order valence-corrected chi connectivity index (χ1v) is 6.56. The molecular weight excluding hydrogens is 248 g/mol. The molecule has 1 amide bonds. The lowest BCUT2D eigenvalue weighted by molar-refractivity contribution is -0.120. The highest BCUT2D eigenvalue weighted by Crippen LogP contribution is 2.12. The summed E-state index contributed by atoms with van der Waals surface area (Å²) in [6.45, 7) is 2.94. The fourth-order valence-corrected chi connectivity index (χ4v) is 1.87.